The Labute approximate surface area is 124 Å². The first kappa shape index (κ1) is 12.7. The van der Waals surface area contributed by atoms with Crippen molar-refractivity contribution < 1.29 is 0 Å². The Morgan fingerprint density at radius 2 is 1.84 bits per heavy atom. The van der Waals surface area contributed by atoms with E-state index in [-0.39, 0.29) is 0 Å². The van der Waals surface area contributed by atoms with Crippen LogP contribution in [0.25, 0.3) is 11.0 Å². The van der Waals surface area contributed by atoms with Crippen molar-refractivity contribution >= 4 is 51.7 Å². The first-order chi connectivity index (χ1) is 9.25. The number of benzene rings is 2. The summed E-state index contributed by atoms with van der Waals surface area (Å²) in [6, 6.07) is 11.4. The smallest absolute Gasteiger partial charge is 0.129 e. The molecule has 0 spiro atoms. The highest BCUT2D eigenvalue weighted by atomic mass is 35.5. The molecule has 3 nitrogen and oxygen atoms in total. The number of halogens is 2. The minimum atomic E-state index is 0.593. The van der Waals surface area contributed by atoms with Crippen molar-refractivity contribution in [2.45, 2.75) is 6.54 Å². The van der Waals surface area contributed by atoms with Gasteiger partial charge in [0, 0.05) is 11.6 Å². The summed E-state index contributed by atoms with van der Waals surface area (Å²) in [5.74, 6) is 0. The number of nitrogens with one attached hydrogen (secondary N) is 1. The summed E-state index contributed by atoms with van der Waals surface area (Å²) >= 11 is 13.5. The Balaban J connectivity index is 1.92. The molecule has 0 saturated heterocycles. The van der Waals surface area contributed by atoms with Crippen LogP contribution < -0.4 is 5.32 Å². The molecule has 19 heavy (non-hydrogen) atoms. The number of hydrogen-bond acceptors (Lipinski definition) is 4. The Kier molecular flexibility index (Phi) is 3.55. The lowest BCUT2D eigenvalue weighted by Gasteiger charge is -2.09. The molecule has 1 heterocycles. The second-order valence-corrected chi connectivity index (χ2v) is 5.34. The van der Waals surface area contributed by atoms with Crippen LogP contribution in [-0.2, 0) is 6.54 Å². The lowest BCUT2D eigenvalue weighted by Crippen LogP contribution is -2.01. The number of fused-ring (bicyclic) bond motifs is 1. The minimum Gasteiger partial charge on any atom is -0.378 e. The van der Waals surface area contributed by atoms with Crippen molar-refractivity contribution in [1.82, 2.24) is 8.75 Å². The third-order valence-electron chi connectivity index (χ3n) is 2.79. The van der Waals surface area contributed by atoms with E-state index in [1.165, 1.54) is 11.7 Å². The fourth-order valence-corrected chi connectivity index (χ4v) is 2.78. The van der Waals surface area contributed by atoms with Gasteiger partial charge in [-0.3, -0.25) is 0 Å². The van der Waals surface area contributed by atoms with Gasteiger partial charge in [-0.2, -0.15) is 8.75 Å². The molecule has 96 valence electrons. The van der Waals surface area contributed by atoms with Crippen molar-refractivity contribution in [3.63, 3.8) is 0 Å². The maximum Gasteiger partial charge on any atom is 0.129 e. The zero-order chi connectivity index (χ0) is 13.2. The maximum atomic E-state index is 6.21. The van der Waals surface area contributed by atoms with Gasteiger partial charge in [-0.15, -0.1) is 0 Å². The highest BCUT2D eigenvalue weighted by Crippen LogP contribution is 2.30. The lowest BCUT2D eigenvalue weighted by molar-refractivity contribution is 1.15. The SMILES string of the molecule is Clc1ccccc1CNc1c(Cl)ccc2nsnc12. The van der Waals surface area contributed by atoms with E-state index in [9.17, 15) is 0 Å². The van der Waals surface area contributed by atoms with Gasteiger partial charge >= 0.3 is 0 Å². The number of anilines is 1. The van der Waals surface area contributed by atoms with E-state index < -0.39 is 0 Å². The first-order valence-corrected chi connectivity index (χ1v) is 7.12. The van der Waals surface area contributed by atoms with Crippen molar-refractivity contribution in [3.8, 4) is 0 Å². The fraction of sp³-hybridized carbons (Fsp3) is 0.0769. The van der Waals surface area contributed by atoms with Crippen LogP contribution in [0, 0.1) is 0 Å². The quantitative estimate of drug-likeness (QED) is 0.767. The molecule has 6 heteroatoms. The zero-order valence-electron chi connectivity index (χ0n) is 9.73. The lowest BCUT2D eigenvalue weighted by atomic mass is 10.2. The fourth-order valence-electron chi connectivity index (χ4n) is 1.82. The van der Waals surface area contributed by atoms with Crippen LogP contribution in [0.3, 0.4) is 0 Å². The molecule has 0 saturated carbocycles. The Morgan fingerprint density at radius 1 is 1.00 bits per heavy atom. The molecule has 1 aromatic heterocycles. The van der Waals surface area contributed by atoms with Gasteiger partial charge in [0.1, 0.15) is 11.0 Å². The molecule has 0 radical (unpaired) electrons. The molecule has 0 amide bonds. The normalized spacial score (nSPS) is 10.8. The van der Waals surface area contributed by atoms with Crippen LogP contribution in [0.1, 0.15) is 5.56 Å². The first-order valence-electron chi connectivity index (χ1n) is 5.64. The van der Waals surface area contributed by atoms with Crippen molar-refractivity contribution in [2.24, 2.45) is 0 Å². The van der Waals surface area contributed by atoms with Crippen molar-refractivity contribution in [1.29, 1.82) is 0 Å². The van der Waals surface area contributed by atoms with Gasteiger partial charge in [0.25, 0.3) is 0 Å². The van der Waals surface area contributed by atoms with Crippen LogP contribution in [-0.4, -0.2) is 8.75 Å². The molecule has 0 fully saturated rings. The number of nitrogens with zero attached hydrogens (tertiary/aromatic N) is 2. The number of rotatable bonds is 3. The van der Waals surface area contributed by atoms with Crippen LogP contribution >= 0.6 is 34.9 Å². The molecule has 0 bridgehead atoms. The monoisotopic (exact) mass is 309 g/mol. The summed E-state index contributed by atoms with van der Waals surface area (Å²) in [6.07, 6.45) is 0. The third-order valence-corrected chi connectivity index (χ3v) is 4.02. The topological polar surface area (TPSA) is 37.8 Å². The summed E-state index contributed by atoms with van der Waals surface area (Å²) in [5.41, 5.74) is 3.45. The predicted octanol–water partition coefficient (Wildman–Crippen LogP) is 4.61. The van der Waals surface area contributed by atoms with Gasteiger partial charge in [-0.1, -0.05) is 41.4 Å². The van der Waals surface area contributed by atoms with Crippen LogP contribution in [0.4, 0.5) is 5.69 Å². The Bertz CT molecular complexity index is 727. The highest BCUT2D eigenvalue weighted by Gasteiger charge is 2.10. The van der Waals surface area contributed by atoms with Gasteiger partial charge in [0.2, 0.25) is 0 Å². The molecule has 0 aliphatic carbocycles. The average Bonchev–Trinajstić information content (AvgIpc) is 2.88. The standard InChI is InChI=1S/C13H9Cl2N3S/c14-9-4-2-1-3-8(9)7-16-12-10(15)5-6-11-13(12)18-19-17-11/h1-6,16H,7H2. The van der Waals surface area contributed by atoms with Gasteiger partial charge in [-0.25, -0.2) is 0 Å². The van der Waals surface area contributed by atoms with Gasteiger partial charge < -0.3 is 5.32 Å². The maximum absolute atomic E-state index is 6.21. The van der Waals surface area contributed by atoms with Gasteiger partial charge in [0.05, 0.1) is 22.4 Å². The number of hydrogen-bond donors (Lipinski definition) is 1. The molecular weight excluding hydrogens is 301 g/mol. The Hall–Kier alpha value is -1.36. The van der Waals surface area contributed by atoms with E-state index in [1.807, 2.05) is 36.4 Å². The van der Waals surface area contributed by atoms with Crippen molar-refractivity contribution in [2.75, 3.05) is 5.32 Å². The third kappa shape index (κ3) is 2.52. The molecular formula is C13H9Cl2N3S. The van der Waals surface area contributed by atoms with E-state index in [1.54, 1.807) is 0 Å². The summed E-state index contributed by atoms with van der Waals surface area (Å²) in [4.78, 5) is 0. The molecule has 1 N–H and O–H groups in total. The van der Waals surface area contributed by atoms with Crippen molar-refractivity contribution in [3.05, 3.63) is 52.0 Å². The summed E-state index contributed by atoms with van der Waals surface area (Å²) in [5, 5.41) is 4.65. The number of aromatic nitrogens is 2. The van der Waals surface area contributed by atoms with Crippen LogP contribution in [0.2, 0.25) is 10.0 Å². The Morgan fingerprint density at radius 3 is 2.68 bits per heavy atom. The molecule has 0 unspecified atom stereocenters. The molecule has 3 rings (SSSR count). The van der Waals surface area contributed by atoms with Crippen LogP contribution in [0.5, 0.6) is 0 Å². The average molecular weight is 310 g/mol. The molecule has 0 aliphatic heterocycles. The molecule has 0 atom stereocenters. The molecule has 3 aromatic rings. The minimum absolute atomic E-state index is 0.593. The van der Waals surface area contributed by atoms with Gasteiger partial charge in [0.15, 0.2) is 0 Å². The molecule has 2 aromatic carbocycles. The highest BCUT2D eigenvalue weighted by molar-refractivity contribution is 7.00. The van der Waals surface area contributed by atoms with Crippen LogP contribution in [0.15, 0.2) is 36.4 Å². The predicted molar refractivity (Wildman–Crippen MR) is 81.2 cm³/mol. The van der Waals surface area contributed by atoms with E-state index in [0.717, 1.165) is 27.3 Å². The zero-order valence-corrected chi connectivity index (χ0v) is 12.1. The van der Waals surface area contributed by atoms with Gasteiger partial charge in [-0.05, 0) is 23.8 Å². The summed E-state index contributed by atoms with van der Waals surface area (Å²) < 4.78 is 8.46. The van der Waals surface area contributed by atoms with E-state index >= 15 is 0 Å². The summed E-state index contributed by atoms with van der Waals surface area (Å²) in [7, 11) is 0. The largest absolute Gasteiger partial charge is 0.378 e. The van der Waals surface area contributed by atoms with E-state index in [4.69, 9.17) is 23.2 Å². The second kappa shape index (κ2) is 5.33. The van der Waals surface area contributed by atoms with E-state index in [2.05, 4.69) is 14.1 Å². The second-order valence-electron chi connectivity index (χ2n) is 4.00. The summed E-state index contributed by atoms with van der Waals surface area (Å²) in [6.45, 7) is 0.593. The molecule has 0 aliphatic rings. The van der Waals surface area contributed by atoms with E-state index in [0.29, 0.717) is 11.6 Å².